The lowest BCUT2D eigenvalue weighted by molar-refractivity contribution is -0.222. The minimum absolute atomic E-state index is 0.153. The molecule has 9 heteroatoms. The van der Waals surface area contributed by atoms with Crippen molar-refractivity contribution >= 4 is 39.9 Å². The van der Waals surface area contributed by atoms with Gasteiger partial charge < -0.3 is 24.3 Å². The van der Waals surface area contributed by atoms with Gasteiger partial charge in [0.2, 0.25) is 0 Å². The van der Waals surface area contributed by atoms with Crippen LogP contribution in [0.15, 0.2) is 22.2 Å². The maximum Gasteiger partial charge on any atom is 0.348 e. The molecular formula is C22H26BrNO7. The van der Waals surface area contributed by atoms with Gasteiger partial charge in [-0.1, -0.05) is 19.3 Å². The SMILES string of the molecule is COc1cc(C=C2C(=O)OC(C)(C)OC2=O)cc(Br)c1OCC(=O)NC1CCCCC1. The summed E-state index contributed by atoms with van der Waals surface area (Å²) in [6.07, 6.45) is 6.80. The van der Waals surface area contributed by atoms with Crippen LogP contribution in [0.5, 0.6) is 11.5 Å². The number of halogens is 1. The van der Waals surface area contributed by atoms with Crippen LogP contribution in [0.1, 0.15) is 51.5 Å². The highest BCUT2D eigenvalue weighted by Gasteiger charge is 2.38. The second-order valence-corrected chi connectivity index (χ2v) is 8.82. The fourth-order valence-corrected chi connectivity index (χ4v) is 4.14. The first kappa shape index (κ1) is 23.1. The number of hydrogen-bond donors (Lipinski definition) is 1. The van der Waals surface area contributed by atoms with Crippen molar-refractivity contribution in [3.63, 3.8) is 0 Å². The van der Waals surface area contributed by atoms with Gasteiger partial charge in [-0.15, -0.1) is 0 Å². The van der Waals surface area contributed by atoms with E-state index in [1.807, 2.05) is 0 Å². The van der Waals surface area contributed by atoms with Gasteiger partial charge in [0, 0.05) is 19.9 Å². The van der Waals surface area contributed by atoms with E-state index in [-0.39, 0.29) is 24.1 Å². The van der Waals surface area contributed by atoms with Gasteiger partial charge in [-0.2, -0.15) is 0 Å². The summed E-state index contributed by atoms with van der Waals surface area (Å²) >= 11 is 3.40. The summed E-state index contributed by atoms with van der Waals surface area (Å²) in [7, 11) is 1.46. The molecule has 1 aliphatic carbocycles. The van der Waals surface area contributed by atoms with Gasteiger partial charge in [0.15, 0.2) is 18.1 Å². The number of methoxy groups -OCH3 is 1. The standard InChI is InChI=1S/C22H26BrNO7/c1-22(2)30-20(26)15(21(27)31-22)9-13-10-16(23)19(17(11-13)28-3)29-12-18(25)24-14-7-5-4-6-8-14/h9-11,14H,4-8,12H2,1-3H3,(H,24,25). The van der Waals surface area contributed by atoms with Crippen LogP contribution < -0.4 is 14.8 Å². The molecule has 1 N–H and O–H groups in total. The third kappa shape index (κ3) is 6.00. The van der Waals surface area contributed by atoms with Crippen molar-refractivity contribution in [2.45, 2.75) is 57.8 Å². The predicted octanol–water partition coefficient (Wildman–Crippen LogP) is 3.50. The van der Waals surface area contributed by atoms with Crippen molar-refractivity contribution in [2.75, 3.05) is 13.7 Å². The molecule has 8 nitrogen and oxygen atoms in total. The molecule has 0 unspecified atom stereocenters. The predicted molar refractivity (Wildman–Crippen MR) is 115 cm³/mol. The molecule has 1 amide bonds. The van der Waals surface area contributed by atoms with Crippen molar-refractivity contribution in [3.8, 4) is 11.5 Å². The molecule has 0 spiro atoms. The fourth-order valence-electron chi connectivity index (χ4n) is 3.56. The van der Waals surface area contributed by atoms with Crippen molar-refractivity contribution in [2.24, 2.45) is 0 Å². The van der Waals surface area contributed by atoms with Crippen molar-refractivity contribution < 1.29 is 33.3 Å². The Kier molecular flexibility index (Phi) is 7.25. The van der Waals surface area contributed by atoms with Gasteiger partial charge in [0.1, 0.15) is 5.57 Å². The largest absolute Gasteiger partial charge is 0.493 e. The molecule has 1 saturated carbocycles. The van der Waals surface area contributed by atoms with Crippen molar-refractivity contribution in [3.05, 3.63) is 27.7 Å². The zero-order chi connectivity index (χ0) is 22.6. The lowest BCUT2D eigenvalue weighted by Gasteiger charge is -2.29. The summed E-state index contributed by atoms with van der Waals surface area (Å²) in [5.74, 6) is -2.35. The summed E-state index contributed by atoms with van der Waals surface area (Å²) in [6.45, 7) is 2.81. The highest BCUT2D eigenvalue weighted by molar-refractivity contribution is 9.10. The van der Waals surface area contributed by atoms with Crippen LogP contribution in [-0.4, -0.2) is 43.4 Å². The number of amides is 1. The molecule has 31 heavy (non-hydrogen) atoms. The van der Waals surface area contributed by atoms with Gasteiger partial charge >= 0.3 is 11.9 Å². The van der Waals surface area contributed by atoms with Gasteiger partial charge in [-0.25, -0.2) is 9.59 Å². The number of esters is 2. The lowest BCUT2D eigenvalue weighted by Crippen LogP contribution is -2.41. The molecule has 2 fully saturated rings. The van der Waals surface area contributed by atoms with Crippen LogP contribution in [-0.2, 0) is 23.9 Å². The second-order valence-electron chi connectivity index (χ2n) is 7.96. The Morgan fingerprint density at radius 1 is 1.19 bits per heavy atom. The Labute approximate surface area is 189 Å². The molecule has 3 rings (SSSR count). The van der Waals surface area contributed by atoms with Crippen LogP contribution >= 0.6 is 15.9 Å². The molecule has 0 radical (unpaired) electrons. The zero-order valence-electron chi connectivity index (χ0n) is 17.8. The van der Waals surface area contributed by atoms with E-state index in [1.165, 1.54) is 33.5 Å². The first-order valence-corrected chi connectivity index (χ1v) is 11.0. The molecule has 1 aliphatic heterocycles. The van der Waals surface area contributed by atoms with Gasteiger partial charge in [0.05, 0.1) is 11.6 Å². The molecule has 1 saturated heterocycles. The summed E-state index contributed by atoms with van der Waals surface area (Å²) in [6, 6.07) is 3.43. The molecule has 168 valence electrons. The third-order valence-corrected chi connectivity index (χ3v) is 5.59. The number of hydrogen-bond acceptors (Lipinski definition) is 7. The maximum atomic E-state index is 12.2. The van der Waals surface area contributed by atoms with E-state index in [2.05, 4.69) is 21.2 Å². The zero-order valence-corrected chi connectivity index (χ0v) is 19.4. The third-order valence-electron chi connectivity index (χ3n) is 5.00. The Morgan fingerprint density at radius 2 is 1.84 bits per heavy atom. The highest BCUT2D eigenvalue weighted by Crippen LogP contribution is 2.37. The number of cyclic esters (lactones) is 2. The van der Waals surface area contributed by atoms with Crippen LogP contribution in [0, 0.1) is 0 Å². The number of carbonyl (C=O) groups is 3. The minimum atomic E-state index is -1.31. The maximum absolute atomic E-state index is 12.2. The topological polar surface area (TPSA) is 100 Å². The Balaban J connectivity index is 1.72. The van der Waals surface area contributed by atoms with Crippen molar-refractivity contribution in [1.82, 2.24) is 5.32 Å². The number of benzene rings is 1. The van der Waals surface area contributed by atoms with E-state index in [0.717, 1.165) is 25.7 Å². The monoisotopic (exact) mass is 495 g/mol. The molecule has 1 aromatic carbocycles. The molecule has 1 heterocycles. The van der Waals surface area contributed by atoms with E-state index in [9.17, 15) is 14.4 Å². The van der Waals surface area contributed by atoms with E-state index in [4.69, 9.17) is 18.9 Å². The minimum Gasteiger partial charge on any atom is -0.493 e. The molecule has 2 aliphatic rings. The number of nitrogens with one attached hydrogen (secondary N) is 1. The van der Waals surface area contributed by atoms with E-state index in [1.54, 1.807) is 12.1 Å². The normalized spacial score (nSPS) is 18.6. The number of carbonyl (C=O) groups excluding carboxylic acids is 3. The average molecular weight is 496 g/mol. The molecule has 0 bridgehead atoms. The Morgan fingerprint density at radius 3 is 2.45 bits per heavy atom. The molecule has 1 aromatic rings. The molecule has 0 atom stereocenters. The van der Waals surface area contributed by atoms with E-state index in [0.29, 0.717) is 21.5 Å². The lowest BCUT2D eigenvalue weighted by atomic mass is 9.95. The summed E-state index contributed by atoms with van der Waals surface area (Å²) in [5, 5.41) is 3.00. The molecular weight excluding hydrogens is 470 g/mol. The van der Waals surface area contributed by atoms with Gasteiger partial charge in [-0.3, -0.25) is 4.79 Å². The Bertz CT molecular complexity index is 881. The van der Waals surface area contributed by atoms with Crippen molar-refractivity contribution in [1.29, 1.82) is 0 Å². The fraction of sp³-hybridized carbons (Fsp3) is 0.500. The van der Waals surface area contributed by atoms with Crippen LogP contribution in [0.2, 0.25) is 0 Å². The summed E-state index contributed by atoms with van der Waals surface area (Å²) < 4.78 is 21.8. The molecule has 0 aromatic heterocycles. The smallest absolute Gasteiger partial charge is 0.348 e. The first-order valence-electron chi connectivity index (χ1n) is 10.2. The van der Waals surface area contributed by atoms with E-state index < -0.39 is 17.7 Å². The summed E-state index contributed by atoms with van der Waals surface area (Å²) in [4.78, 5) is 36.6. The van der Waals surface area contributed by atoms with Crippen LogP contribution in [0.25, 0.3) is 6.08 Å². The first-order chi connectivity index (χ1) is 14.7. The van der Waals surface area contributed by atoms with Crippen LogP contribution in [0.3, 0.4) is 0 Å². The van der Waals surface area contributed by atoms with Gasteiger partial charge in [-0.05, 0) is 52.5 Å². The average Bonchev–Trinajstić information content (AvgIpc) is 2.69. The van der Waals surface area contributed by atoms with Crippen LogP contribution in [0.4, 0.5) is 0 Å². The van der Waals surface area contributed by atoms with E-state index >= 15 is 0 Å². The number of ether oxygens (including phenoxy) is 4. The quantitative estimate of drug-likeness (QED) is 0.366. The Hall–Kier alpha value is -2.55. The number of rotatable bonds is 6. The van der Waals surface area contributed by atoms with Gasteiger partial charge in [0.25, 0.3) is 11.7 Å². The summed E-state index contributed by atoms with van der Waals surface area (Å²) in [5.41, 5.74) is 0.264. The second kappa shape index (κ2) is 9.72. The highest BCUT2D eigenvalue weighted by atomic mass is 79.9.